The van der Waals surface area contributed by atoms with E-state index in [9.17, 15) is 0 Å². The second kappa shape index (κ2) is 8.44. The fraction of sp³-hybridized carbons (Fsp3) is 1.00. The largest absolute Gasteiger partial charge is 0.173 e. The van der Waals surface area contributed by atoms with Crippen LogP contribution >= 0.6 is 12.6 Å². The molecule has 0 atom stereocenters. The topological polar surface area (TPSA) is 0 Å². The summed E-state index contributed by atoms with van der Waals surface area (Å²) < 4.78 is 0.418. The Morgan fingerprint density at radius 2 is 1.38 bits per heavy atom. The molecule has 0 aromatic heterocycles. The maximum atomic E-state index is 4.91. The van der Waals surface area contributed by atoms with Crippen LogP contribution in [0.3, 0.4) is 0 Å². The van der Waals surface area contributed by atoms with Gasteiger partial charge in [0.15, 0.2) is 0 Å². The van der Waals surface area contributed by atoms with Gasteiger partial charge < -0.3 is 0 Å². The Bertz CT molecular complexity index is 159. The van der Waals surface area contributed by atoms with Crippen LogP contribution in [0.4, 0.5) is 0 Å². The molecule has 16 heavy (non-hydrogen) atoms. The van der Waals surface area contributed by atoms with Crippen molar-refractivity contribution in [1.82, 2.24) is 0 Å². The molecule has 0 amide bonds. The van der Waals surface area contributed by atoms with Crippen molar-refractivity contribution in [2.75, 3.05) is 0 Å². The third kappa shape index (κ3) is 6.18. The van der Waals surface area contributed by atoms with Crippen molar-refractivity contribution >= 4 is 12.6 Å². The van der Waals surface area contributed by atoms with Crippen LogP contribution in [-0.2, 0) is 0 Å². The smallest absolute Gasteiger partial charge is 0.0130 e. The number of unbranched alkanes of at least 4 members (excludes halogenated alkanes) is 6. The Morgan fingerprint density at radius 1 is 0.812 bits per heavy atom. The predicted octanol–water partition coefficient (Wildman–Crippen LogP) is 5.76. The molecule has 0 N–H and O–H groups in total. The van der Waals surface area contributed by atoms with Crippen molar-refractivity contribution in [3.63, 3.8) is 0 Å². The van der Waals surface area contributed by atoms with Gasteiger partial charge in [0.2, 0.25) is 0 Å². The molecule has 1 saturated carbocycles. The molecule has 0 heterocycles. The van der Waals surface area contributed by atoms with Crippen LogP contribution in [-0.4, -0.2) is 4.75 Å². The molecule has 0 unspecified atom stereocenters. The minimum atomic E-state index is 0.418. The van der Waals surface area contributed by atoms with Crippen LogP contribution in [0.5, 0.6) is 0 Å². The SMILES string of the molecule is CCCCCCCCCC1(S)CCCCC1. The molecule has 1 rings (SSSR count). The van der Waals surface area contributed by atoms with Gasteiger partial charge in [-0.05, 0) is 19.3 Å². The van der Waals surface area contributed by atoms with Gasteiger partial charge in [-0.1, -0.05) is 71.1 Å². The second-order valence-electron chi connectivity index (χ2n) is 5.66. The van der Waals surface area contributed by atoms with E-state index in [1.54, 1.807) is 0 Å². The van der Waals surface area contributed by atoms with Crippen molar-refractivity contribution in [3.05, 3.63) is 0 Å². The highest BCUT2D eigenvalue weighted by Crippen LogP contribution is 2.37. The van der Waals surface area contributed by atoms with E-state index in [2.05, 4.69) is 6.92 Å². The molecule has 0 radical (unpaired) electrons. The van der Waals surface area contributed by atoms with Crippen molar-refractivity contribution < 1.29 is 0 Å². The standard InChI is InChI=1S/C15H30S/c1-2-3-4-5-6-7-9-12-15(16)13-10-8-11-14-15/h16H,2-14H2,1H3. The lowest BCUT2D eigenvalue weighted by molar-refractivity contribution is 0.368. The van der Waals surface area contributed by atoms with Gasteiger partial charge in [-0.3, -0.25) is 0 Å². The van der Waals surface area contributed by atoms with Crippen LogP contribution in [0.15, 0.2) is 0 Å². The van der Waals surface area contributed by atoms with Crippen LogP contribution in [0.25, 0.3) is 0 Å². The zero-order valence-electron chi connectivity index (χ0n) is 11.1. The molecular formula is C15H30S. The van der Waals surface area contributed by atoms with Crippen LogP contribution in [0, 0.1) is 0 Å². The molecule has 0 saturated heterocycles. The van der Waals surface area contributed by atoms with Gasteiger partial charge in [0.05, 0.1) is 0 Å². The molecule has 1 fully saturated rings. The van der Waals surface area contributed by atoms with Gasteiger partial charge in [0.25, 0.3) is 0 Å². The summed E-state index contributed by atoms with van der Waals surface area (Å²) in [6.07, 6.45) is 18.4. The van der Waals surface area contributed by atoms with Crippen molar-refractivity contribution in [2.45, 2.75) is 95.1 Å². The first-order valence-electron chi connectivity index (χ1n) is 7.49. The van der Waals surface area contributed by atoms with Crippen LogP contribution in [0.2, 0.25) is 0 Å². The zero-order chi connectivity index (χ0) is 11.7. The minimum Gasteiger partial charge on any atom is -0.173 e. The Kier molecular flexibility index (Phi) is 7.60. The molecular weight excluding hydrogens is 212 g/mol. The highest BCUT2D eigenvalue weighted by Gasteiger charge is 2.26. The van der Waals surface area contributed by atoms with E-state index in [0.717, 1.165) is 0 Å². The third-order valence-corrected chi connectivity index (χ3v) is 4.70. The van der Waals surface area contributed by atoms with Crippen molar-refractivity contribution in [1.29, 1.82) is 0 Å². The van der Waals surface area contributed by atoms with Gasteiger partial charge in [-0.2, -0.15) is 12.6 Å². The summed E-state index contributed by atoms with van der Waals surface area (Å²) >= 11 is 4.91. The normalized spacial score (nSPS) is 19.9. The summed E-state index contributed by atoms with van der Waals surface area (Å²) in [5, 5.41) is 0. The van der Waals surface area contributed by atoms with Gasteiger partial charge in [0, 0.05) is 4.75 Å². The summed E-state index contributed by atoms with van der Waals surface area (Å²) in [4.78, 5) is 0. The summed E-state index contributed by atoms with van der Waals surface area (Å²) in [5.74, 6) is 0. The Labute approximate surface area is 108 Å². The fourth-order valence-corrected chi connectivity index (χ4v) is 3.35. The number of hydrogen-bond acceptors (Lipinski definition) is 1. The lowest BCUT2D eigenvalue weighted by Crippen LogP contribution is -2.24. The number of hydrogen-bond donors (Lipinski definition) is 1. The van der Waals surface area contributed by atoms with E-state index >= 15 is 0 Å². The number of thiol groups is 1. The Balaban J connectivity index is 1.93. The van der Waals surface area contributed by atoms with E-state index < -0.39 is 0 Å². The maximum Gasteiger partial charge on any atom is 0.0130 e. The highest BCUT2D eigenvalue weighted by atomic mass is 32.1. The average molecular weight is 242 g/mol. The molecule has 0 spiro atoms. The average Bonchev–Trinajstić information content (AvgIpc) is 2.29. The molecule has 0 nitrogen and oxygen atoms in total. The van der Waals surface area contributed by atoms with Crippen molar-refractivity contribution in [3.8, 4) is 0 Å². The van der Waals surface area contributed by atoms with Gasteiger partial charge in [0.1, 0.15) is 0 Å². The van der Waals surface area contributed by atoms with E-state index in [1.807, 2.05) is 0 Å². The second-order valence-corrected chi connectivity index (χ2v) is 6.61. The predicted molar refractivity (Wildman–Crippen MR) is 77.4 cm³/mol. The Hall–Kier alpha value is 0.350. The molecule has 0 aliphatic heterocycles. The number of rotatable bonds is 8. The monoisotopic (exact) mass is 242 g/mol. The molecule has 1 heteroatoms. The van der Waals surface area contributed by atoms with Gasteiger partial charge in [-0.15, -0.1) is 0 Å². The van der Waals surface area contributed by atoms with Gasteiger partial charge >= 0.3 is 0 Å². The fourth-order valence-electron chi connectivity index (χ4n) is 2.87. The third-order valence-electron chi connectivity index (χ3n) is 4.03. The quantitative estimate of drug-likeness (QED) is 0.406. The van der Waals surface area contributed by atoms with E-state index in [-0.39, 0.29) is 0 Å². The summed E-state index contributed by atoms with van der Waals surface area (Å²) in [5.41, 5.74) is 0. The molecule has 0 bridgehead atoms. The van der Waals surface area contributed by atoms with Crippen LogP contribution in [0.1, 0.15) is 90.4 Å². The zero-order valence-corrected chi connectivity index (χ0v) is 12.0. The Morgan fingerprint density at radius 3 is 2.00 bits per heavy atom. The molecule has 1 aliphatic carbocycles. The van der Waals surface area contributed by atoms with Crippen molar-refractivity contribution in [2.24, 2.45) is 0 Å². The lowest BCUT2D eigenvalue weighted by Gasteiger charge is -2.32. The molecule has 96 valence electrons. The van der Waals surface area contributed by atoms with E-state index in [1.165, 1.54) is 83.5 Å². The first kappa shape index (κ1) is 14.4. The van der Waals surface area contributed by atoms with E-state index in [4.69, 9.17) is 12.6 Å². The minimum absolute atomic E-state index is 0.418. The lowest BCUT2D eigenvalue weighted by atomic mass is 9.84. The highest BCUT2D eigenvalue weighted by molar-refractivity contribution is 7.81. The van der Waals surface area contributed by atoms with Crippen LogP contribution < -0.4 is 0 Å². The first-order valence-corrected chi connectivity index (χ1v) is 7.94. The van der Waals surface area contributed by atoms with E-state index in [0.29, 0.717) is 4.75 Å². The molecule has 0 aromatic rings. The summed E-state index contributed by atoms with van der Waals surface area (Å²) in [6, 6.07) is 0. The summed E-state index contributed by atoms with van der Waals surface area (Å²) in [6.45, 7) is 2.29. The molecule has 0 aromatic carbocycles. The van der Waals surface area contributed by atoms with Gasteiger partial charge in [-0.25, -0.2) is 0 Å². The first-order chi connectivity index (χ1) is 7.77. The maximum absolute atomic E-state index is 4.91. The summed E-state index contributed by atoms with van der Waals surface area (Å²) in [7, 11) is 0. The molecule has 1 aliphatic rings.